The molecule has 2 aromatic carbocycles. The van der Waals surface area contributed by atoms with Gasteiger partial charge in [0.15, 0.2) is 0 Å². The van der Waals surface area contributed by atoms with Gasteiger partial charge in [-0.15, -0.1) is 0 Å². The van der Waals surface area contributed by atoms with Crippen molar-refractivity contribution in [1.82, 2.24) is 10.2 Å². The van der Waals surface area contributed by atoms with E-state index in [4.69, 9.17) is 16.3 Å². The van der Waals surface area contributed by atoms with Crippen LogP contribution in [0.1, 0.15) is 74.5 Å². The summed E-state index contributed by atoms with van der Waals surface area (Å²) in [5, 5.41) is 3.88. The van der Waals surface area contributed by atoms with Crippen molar-refractivity contribution < 1.29 is 13.9 Å². The molecule has 0 bridgehead atoms. The van der Waals surface area contributed by atoms with Crippen LogP contribution in [0.4, 0.5) is 4.39 Å². The van der Waals surface area contributed by atoms with Gasteiger partial charge in [-0.05, 0) is 74.1 Å². The van der Waals surface area contributed by atoms with Crippen LogP contribution in [0.15, 0.2) is 42.5 Å². The fourth-order valence-corrected chi connectivity index (χ4v) is 8.27. The zero-order valence-corrected chi connectivity index (χ0v) is 23.2. The molecule has 1 amide bonds. The number of halogens is 2. The molecule has 204 valence electrons. The SMILES string of the molecule is C[C@H]1Cc2cc(Cl)cc(F)c2[C@@]2(CNC[C@H]2C(=O)N2CC[C@@H](c3ccccc3)C[C@H]2C2CCCCC2)CO1. The molecule has 6 rings (SSSR count). The first kappa shape index (κ1) is 26.3. The minimum Gasteiger partial charge on any atom is -0.377 e. The van der Waals surface area contributed by atoms with Crippen LogP contribution >= 0.6 is 11.6 Å². The van der Waals surface area contributed by atoms with E-state index in [2.05, 4.69) is 40.5 Å². The Labute approximate surface area is 231 Å². The van der Waals surface area contributed by atoms with E-state index in [0.29, 0.717) is 48.5 Å². The molecule has 6 heteroatoms. The molecule has 0 aromatic heterocycles. The summed E-state index contributed by atoms with van der Waals surface area (Å²) in [7, 11) is 0. The van der Waals surface area contributed by atoms with Crippen LogP contribution in [0.5, 0.6) is 0 Å². The highest BCUT2D eigenvalue weighted by Crippen LogP contribution is 2.46. The van der Waals surface area contributed by atoms with Gasteiger partial charge in [0.05, 0.1) is 18.6 Å². The largest absolute Gasteiger partial charge is 0.377 e. The maximum absolute atomic E-state index is 15.7. The van der Waals surface area contributed by atoms with Crippen LogP contribution in [0.3, 0.4) is 0 Å². The molecular weight excluding hydrogens is 499 g/mol. The zero-order valence-electron chi connectivity index (χ0n) is 22.4. The highest BCUT2D eigenvalue weighted by molar-refractivity contribution is 6.30. The van der Waals surface area contributed by atoms with Gasteiger partial charge < -0.3 is 15.0 Å². The second kappa shape index (κ2) is 10.9. The first-order chi connectivity index (χ1) is 18.5. The van der Waals surface area contributed by atoms with Crippen molar-refractivity contribution in [2.75, 3.05) is 26.2 Å². The van der Waals surface area contributed by atoms with Gasteiger partial charge in [-0.3, -0.25) is 4.79 Å². The number of fused-ring (bicyclic) bond motifs is 2. The molecule has 1 aliphatic carbocycles. The number of ether oxygens (including phenoxy) is 1. The second-order valence-corrected chi connectivity index (χ2v) is 12.7. The third-order valence-electron chi connectivity index (χ3n) is 9.91. The Bertz CT molecular complexity index is 1150. The molecule has 3 aliphatic heterocycles. The van der Waals surface area contributed by atoms with Crippen LogP contribution in [-0.2, 0) is 21.4 Å². The minimum absolute atomic E-state index is 0.0565. The molecule has 1 spiro atoms. The number of rotatable bonds is 3. The van der Waals surface area contributed by atoms with E-state index in [1.165, 1.54) is 43.7 Å². The van der Waals surface area contributed by atoms with E-state index in [1.54, 1.807) is 0 Å². The number of benzene rings is 2. The highest BCUT2D eigenvalue weighted by Gasteiger charge is 2.54. The number of carbonyl (C=O) groups is 1. The van der Waals surface area contributed by atoms with Gasteiger partial charge in [-0.25, -0.2) is 4.39 Å². The topological polar surface area (TPSA) is 41.6 Å². The molecule has 4 aliphatic rings. The predicted molar refractivity (Wildman–Crippen MR) is 149 cm³/mol. The van der Waals surface area contributed by atoms with E-state index in [0.717, 1.165) is 24.9 Å². The number of nitrogens with zero attached hydrogens (tertiary/aromatic N) is 1. The molecule has 1 N–H and O–H groups in total. The summed E-state index contributed by atoms with van der Waals surface area (Å²) in [4.78, 5) is 16.9. The standard InChI is InChI=1S/C32H40ClFN2O2/c1-21-14-25-15-26(33)17-28(34)30(25)32(20-38-21)19-35-18-27(32)31(37)36-13-12-24(22-8-4-2-5-9-22)16-29(36)23-10-6-3-7-11-23/h2,4-5,8-9,15,17,21,23-24,27,29,35H,3,6-7,10-14,16,18-20H2,1H3/t21-,24+,27-,29-,32-/m0/s1. The van der Waals surface area contributed by atoms with Gasteiger partial charge >= 0.3 is 0 Å². The van der Waals surface area contributed by atoms with Crippen molar-refractivity contribution in [3.05, 3.63) is 70.0 Å². The van der Waals surface area contributed by atoms with Crippen LogP contribution in [-0.4, -0.2) is 49.2 Å². The normalized spacial score (nSPS) is 32.2. The molecule has 0 unspecified atom stereocenters. The minimum atomic E-state index is -0.723. The summed E-state index contributed by atoms with van der Waals surface area (Å²) in [5.74, 6) is 0.526. The van der Waals surface area contributed by atoms with Gasteiger partial charge in [-0.2, -0.15) is 0 Å². The Morgan fingerprint density at radius 1 is 1.13 bits per heavy atom. The van der Waals surface area contributed by atoms with Gasteiger partial charge in [-0.1, -0.05) is 61.2 Å². The number of nitrogens with one attached hydrogen (secondary N) is 1. The Hall–Kier alpha value is -1.95. The lowest BCUT2D eigenvalue weighted by Gasteiger charge is -2.47. The molecule has 0 radical (unpaired) electrons. The molecule has 3 heterocycles. The monoisotopic (exact) mass is 538 g/mol. The predicted octanol–water partition coefficient (Wildman–Crippen LogP) is 6.25. The van der Waals surface area contributed by atoms with Crippen molar-refractivity contribution in [1.29, 1.82) is 0 Å². The van der Waals surface area contributed by atoms with Crippen LogP contribution < -0.4 is 5.32 Å². The molecule has 38 heavy (non-hydrogen) atoms. The summed E-state index contributed by atoms with van der Waals surface area (Å²) in [6, 6.07) is 14.3. The number of piperidine rings is 1. The van der Waals surface area contributed by atoms with Crippen molar-refractivity contribution >= 4 is 17.5 Å². The molecule has 4 nitrogen and oxygen atoms in total. The maximum Gasteiger partial charge on any atom is 0.228 e. The van der Waals surface area contributed by atoms with Gasteiger partial charge in [0.2, 0.25) is 5.91 Å². The average molecular weight is 539 g/mol. The van der Waals surface area contributed by atoms with Crippen molar-refractivity contribution in [2.24, 2.45) is 11.8 Å². The number of hydrogen-bond donors (Lipinski definition) is 1. The summed E-state index contributed by atoms with van der Waals surface area (Å²) < 4.78 is 22.0. The zero-order chi connectivity index (χ0) is 26.3. The van der Waals surface area contributed by atoms with Gasteiger partial charge in [0.25, 0.3) is 0 Å². The lowest BCUT2D eigenvalue weighted by Crippen LogP contribution is -2.55. The fourth-order valence-electron chi connectivity index (χ4n) is 8.04. The van der Waals surface area contributed by atoms with Crippen LogP contribution in [0.25, 0.3) is 0 Å². The molecule has 2 saturated heterocycles. The van der Waals surface area contributed by atoms with Crippen molar-refractivity contribution in [3.8, 4) is 0 Å². The smallest absolute Gasteiger partial charge is 0.228 e. The van der Waals surface area contributed by atoms with Gasteiger partial charge in [0, 0.05) is 41.7 Å². The first-order valence-electron chi connectivity index (χ1n) is 14.6. The van der Waals surface area contributed by atoms with E-state index in [1.807, 2.05) is 13.0 Å². The first-order valence-corrected chi connectivity index (χ1v) is 15.0. The van der Waals surface area contributed by atoms with Gasteiger partial charge in [0.1, 0.15) is 5.82 Å². The Morgan fingerprint density at radius 2 is 1.92 bits per heavy atom. The number of hydrogen-bond acceptors (Lipinski definition) is 3. The van der Waals surface area contributed by atoms with E-state index in [9.17, 15) is 4.79 Å². The average Bonchev–Trinajstić information content (AvgIpc) is 3.30. The number of likely N-dealkylation sites (tertiary alicyclic amines) is 1. The number of carbonyl (C=O) groups excluding carboxylic acids is 1. The maximum atomic E-state index is 15.7. The van der Waals surface area contributed by atoms with E-state index in [-0.39, 0.29) is 29.8 Å². The van der Waals surface area contributed by atoms with Crippen LogP contribution in [0, 0.1) is 17.7 Å². The fraction of sp³-hybridized carbons (Fsp3) is 0.594. The lowest BCUT2D eigenvalue weighted by atomic mass is 9.69. The third kappa shape index (κ3) is 4.80. The second-order valence-electron chi connectivity index (χ2n) is 12.2. The molecule has 5 atom stereocenters. The van der Waals surface area contributed by atoms with Crippen molar-refractivity contribution in [2.45, 2.75) is 81.8 Å². The summed E-state index contributed by atoms with van der Waals surface area (Å²) >= 11 is 6.30. The van der Waals surface area contributed by atoms with Crippen LogP contribution in [0.2, 0.25) is 5.02 Å². The highest BCUT2D eigenvalue weighted by atomic mass is 35.5. The quantitative estimate of drug-likeness (QED) is 0.502. The van der Waals surface area contributed by atoms with E-state index >= 15 is 4.39 Å². The molecule has 3 fully saturated rings. The molecular formula is C32H40ClFN2O2. The third-order valence-corrected chi connectivity index (χ3v) is 10.1. The molecule has 1 saturated carbocycles. The number of amides is 1. The van der Waals surface area contributed by atoms with Crippen molar-refractivity contribution in [3.63, 3.8) is 0 Å². The Morgan fingerprint density at radius 3 is 2.71 bits per heavy atom. The Kier molecular flexibility index (Phi) is 7.54. The lowest BCUT2D eigenvalue weighted by molar-refractivity contribution is -0.144. The summed E-state index contributed by atoms with van der Waals surface area (Å²) in [6.07, 6.45) is 8.71. The summed E-state index contributed by atoms with van der Waals surface area (Å²) in [6.45, 7) is 4.22. The van der Waals surface area contributed by atoms with E-state index < -0.39 is 5.41 Å². The summed E-state index contributed by atoms with van der Waals surface area (Å²) in [5.41, 5.74) is 2.19. The molecule has 2 aromatic rings. The Balaban J connectivity index is 1.34.